The van der Waals surface area contributed by atoms with Crippen LogP contribution in [0.5, 0.6) is 0 Å². The number of rotatable bonds is 0. The quantitative estimate of drug-likeness (QED) is 0.529. The van der Waals surface area contributed by atoms with Gasteiger partial charge in [-0.2, -0.15) is 4.52 Å². The van der Waals surface area contributed by atoms with Gasteiger partial charge in [-0.1, -0.05) is 0 Å². The zero-order valence-electron chi connectivity index (χ0n) is 5.34. The lowest BCUT2D eigenvalue weighted by Gasteiger charge is -2.14. The third kappa shape index (κ3) is 3.16. The third-order valence-corrected chi connectivity index (χ3v) is 9.57. The van der Waals surface area contributed by atoms with E-state index in [0.717, 1.165) is 0 Å². The van der Waals surface area contributed by atoms with Crippen molar-refractivity contribution in [1.82, 2.24) is 0 Å². The van der Waals surface area contributed by atoms with Crippen LogP contribution in [0.25, 0.3) is 0 Å². The van der Waals surface area contributed by atoms with Crippen molar-refractivity contribution >= 4 is 55.7 Å². The molecule has 0 saturated heterocycles. The van der Waals surface area contributed by atoms with Crippen LogP contribution >= 0.6 is 46.6 Å². The van der Waals surface area contributed by atoms with E-state index >= 15 is 0 Å². The van der Waals surface area contributed by atoms with Crippen molar-refractivity contribution in [3.8, 4) is 0 Å². The lowest BCUT2D eigenvalue weighted by Crippen LogP contribution is -1.96. The van der Waals surface area contributed by atoms with Crippen molar-refractivity contribution in [3.63, 3.8) is 0 Å². The molecular formula is H4Cl3N5OP2S. The molecule has 12 heavy (non-hydrogen) atoms. The first-order chi connectivity index (χ1) is 5.12. The van der Waals surface area contributed by atoms with E-state index in [0.29, 0.717) is 0 Å². The molecule has 0 fully saturated rings. The predicted octanol–water partition coefficient (Wildman–Crippen LogP) is 2.82. The first-order valence-electron chi connectivity index (χ1n) is 2.34. The Morgan fingerprint density at radius 1 is 1.25 bits per heavy atom. The van der Waals surface area contributed by atoms with Gasteiger partial charge in [0, 0.05) is 10.7 Å². The van der Waals surface area contributed by atoms with E-state index in [1.165, 1.54) is 0 Å². The fourth-order valence-corrected chi connectivity index (χ4v) is 11.4. The monoisotopic (exact) mass is 289 g/mol. The largest absolute Gasteiger partial charge is 0.267 e. The molecule has 1 aliphatic rings. The minimum Gasteiger partial charge on any atom is -0.267 e. The summed E-state index contributed by atoms with van der Waals surface area (Å²) in [4.78, 5) is 0. The molecule has 3 unspecified atom stereocenters. The summed E-state index contributed by atoms with van der Waals surface area (Å²) in [6.07, 6.45) is 0. The van der Waals surface area contributed by atoms with Gasteiger partial charge in [-0.25, -0.2) is 4.21 Å². The summed E-state index contributed by atoms with van der Waals surface area (Å²) in [5, 5.41) is 0. The molecule has 72 valence electrons. The second kappa shape index (κ2) is 3.11. The fourth-order valence-electron chi connectivity index (χ4n) is 0.507. The van der Waals surface area contributed by atoms with Gasteiger partial charge in [0.25, 0.3) is 0 Å². The normalized spacial score (nSPS) is 53.4. The van der Waals surface area contributed by atoms with Gasteiger partial charge in [0.15, 0.2) is 0 Å². The summed E-state index contributed by atoms with van der Waals surface area (Å²) in [5.74, 6) is 0. The second-order valence-electron chi connectivity index (χ2n) is 1.82. The molecule has 6 nitrogen and oxygen atoms in total. The molecule has 0 aromatic carbocycles. The molecule has 1 aliphatic heterocycles. The van der Waals surface area contributed by atoms with E-state index in [9.17, 15) is 4.21 Å². The lowest BCUT2D eigenvalue weighted by molar-refractivity contribution is 0.688. The molecule has 1 rings (SSSR count). The second-order valence-corrected chi connectivity index (χ2v) is 11.2. The number of nitrogens with zero attached hydrogens (tertiary/aromatic N) is 3. The van der Waals surface area contributed by atoms with Crippen molar-refractivity contribution in [2.24, 2.45) is 23.8 Å². The van der Waals surface area contributed by atoms with Crippen LogP contribution in [-0.4, -0.2) is 4.21 Å². The van der Waals surface area contributed by atoms with Crippen LogP contribution in [0, 0.1) is 0 Å². The number of halogens is 3. The van der Waals surface area contributed by atoms with Crippen LogP contribution < -0.4 is 11.0 Å². The highest BCUT2D eigenvalue weighted by atomic mass is 35.7. The molecule has 1 heterocycles. The van der Waals surface area contributed by atoms with Gasteiger partial charge in [-0.3, -0.25) is 11.0 Å². The Morgan fingerprint density at radius 3 is 2.08 bits per heavy atom. The minimum atomic E-state index is -3.33. The van der Waals surface area contributed by atoms with E-state index in [2.05, 4.69) is 12.8 Å². The average Bonchev–Trinajstić information content (AvgIpc) is 1.44. The summed E-state index contributed by atoms with van der Waals surface area (Å²) < 4.78 is 21.3. The third-order valence-electron chi connectivity index (χ3n) is 0.681. The van der Waals surface area contributed by atoms with Gasteiger partial charge in [0.05, 0.1) is 0 Å². The standard InChI is InChI=1S/Cl3H4N5OP2S/c1-10(4)6-11(2,5)8-12(3,9)7-10/h4-5H2. The van der Waals surface area contributed by atoms with E-state index in [1.54, 1.807) is 0 Å². The molecule has 0 aliphatic carbocycles. The molecule has 4 N–H and O–H groups in total. The van der Waals surface area contributed by atoms with E-state index in [4.69, 9.17) is 44.2 Å². The first kappa shape index (κ1) is 11.3. The van der Waals surface area contributed by atoms with Gasteiger partial charge in [-0.15, -0.1) is 8.28 Å². The van der Waals surface area contributed by atoms with Crippen molar-refractivity contribution in [1.29, 1.82) is 0 Å². The van der Waals surface area contributed by atoms with Gasteiger partial charge < -0.3 is 0 Å². The molecule has 3 atom stereocenters. The Labute approximate surface area is 83.7 Å². The molecule has 0 saturated carbocycles. The molecular weight excluding hydrogens is 286 g/mol. The van der Waals surface area contributed by atoms with Crippen molar-refractivity contribution in [2.75, 3.05) is 0 Å². The number of hydrogen-bond acceptors (Lipinski definition) is 5. The Morgan fingerprint density at radius 2 is 1.75 bits per heavy atom. The lowest BCUT2D eigenvalue weighted by atomic mass is 13.8. The van der Waals surface area contributed by atoms with Crippen LogP contribution in [-0.2, 0) is 9.13 Å². The summed E-state index contributed by atoms with van der Waals surface area (Å²) in [6, 6.07) is 0. The maximum absolute atomic E-state index is 11.1. The Balaban J connectivity index is 3.58. The maximum atomic E-state index is 11.1. The van der Waals surface area contributed by atoms with Crippen LogP contribution in [0.2, 0.25) is 0 Å². The van der Waals surface area contributed by atoms with Crippen molar-refractivity contribution in [2.45, 2.75) is 0 Å². The maximum Gasteiger partial charge on any atom is 0.246 e. The summed E-state index contributed by atoms with van der Waals surface area (Å²) in [6.45, 7) is -6.13. The van der Waals surface area contributed by atoms with Crippen LogP contribution in [0.3, 0.4) is 0 Å². The molecule has 0 bridgehead atoms. The fraction of sp³-hybridized carbons (Fsp3) is 0. The minimum absolute atomic E-state index is 3.07. The van der Waals surface area contributed by atoms with Gasteiger partial charge in [0.2, 0.25) is 22.5 Å². The number of nitrogens with two attached hydrogens (primary N) is 2. The summed E-state index contributed by atoms with van der Waals surface area (Å²) >= 11 is 11.1. The van der Waals surface area contributed by atoms with Crippen LogP contribution in [0.15, 0.2) is 12.8 Å². The SMILES string of the molecule is NP1(Cl)=NP(N)(Cl)=NS(=O)(Cl)=N1. The van der Waals surface area contributed by atoms with Gasteiger partial charge in [-0.05, 0) is 22.5 Å². The zero-order chi connectivity index (χ0) is 9.62. The highest BCUT2D eigenvalue weighted by Crippen LogP contribution is 2.66. The number of hydrogen-bond donors (Lipinski definition) is 2. The molecule has 0 amide bonds. The topological polar surface area (TPSA) is 106 Å². The van der Waals surface area contributed by atoms with E-state index in [-0.39, 0.29) is 0 Å². The van der Waals surface area contributed by atoms with Crippen LogP contribution in [0.1, 0.15) is 0 Å². The Kier molecular flexibility index (Phi) is 2.92. The van der Waals surface area contributed by atoms with Crippen molar-refractivity contribution in [3.05, 3.63) is 0 Å². The first-order valence-corrected chi connectivity index (χ1v) is 9.98. The smallest absolute Gasteiger partial charge is 0.246 e. The van der Waals surface area contributed by atoms with Crippen LogP contribution in [0.4, 0.5) is 0 Å². The molecule has 12 heteroatoms. The predicted molar refractivity (Wildman–Crippen MR) is 55.2 cm³/mol. The van der Waals surface area contributed by atoms with Gasteiger partial charge >= 0.3 is 0 Å². The Hall–Kier alpha value is 1.20. The molecule has 0 spiro atoms. The molecule has 0 radical (unpaired) electrons. The van der Waals surface area contributed by atoms with E-state index in [1.807, 2.05) is 0 Å². The highest BCUT2D eigenvalue weighted by Gasteiger charge is 2.25. The summed E-state index contributed by atoms with van der Waals surface area (Å²) in [5.41, 5.74) is 10.6. The molecule has 0 aromatic heterocycles. The van der Waals surface area contributed by atoms with E-state index < -0.39 is 22.5 Å². The van der Waals surface area contributed by atoms with Gasteiger partial charge in [0.1, 0.15) is 0 Å². The summed E-state index contributed by atoms with van der Waals surface area (Å²) in [7, 11) is 1.97. The average molecular weight is 290 g/mol. The zero-order valence-corrected chi connectivity index (χ0v) is 10.2. The molecule has 0 aromatic rings. The Bertz CT molecular complexity index is 410. The van der Waals surface area contributed by atoms with Crippen molar-refractivity contribution < 1.29 is 4.21 Å². The highest BCUT2D eigenvalue weighted by molar-refractivity contribution is 8.21.